The van der Waals surface area contributed by atoms with Crippen molar-refractivity contribution >= 4 is 11.9 Å². The summed E-state index contributed by atoms with van der Waals surface area (Å²) in [4.78, 5) is 23.2. The molecule has 0 saturated carbocycles. The zero-order chi connectivity index (χ0) is 16.9. The fraction of sp³-hybridized carbons (Fsp3) is 0.556. The lowest BCUT2D eigenvalue weighted by atomic mass is 10.1. The van der Waals surface area contributed by atoms with Crippen molar-refractivity contribution in [3.05, 3.63) is 35.9 Å². The number of hydrogen-bond acceptors (Lipinski definition) is 2. The molecule has 0 unspecified atom stereocenters. The number of carbonyl (C=O) groups is 2. The normalized spacial score (nSPS) is 12.5. The van der Waals surface area contributed by atoms with Crippen molar-refractivity contribution in [1.29, 1.82) is 0 Å². The van der Waals surface area contributed by atoms with E-state index in [0.29, 0.717) is 19.7 Å². The molecule has 0 fully saturated rings. The second-order valence-corrected chi connectivity index (χ2v) is 5.52. The predicted octanol–water partition coefficient (Wildman–Crippen LogP) is 3.55. The third-order valence-electron chi connectivity index (χ3n) is 3.57. The SMILES string of the molecule is [2H]CCCCCCCCC(=O)N[C@@H](Cc1ccccc1)C(=O)O. The zero-order valence-electron chi connectivity index (χ0n) is 14.1. The Bertz CT molecular complexity index is 465. The Hall–Kier alpha value is -1.84. The fourth-order valence-corrected chi connectivity index (χ4v) is 2.31. The van der Waals surface area contributed by atoms with Gasteiger partial charge in [-0.2, -0.15) is 0 Å². The molecule has 1 rings (SSSR count). The largest absolute Gasteiger partial charge is 0.480 e. The minimum Gasteiger partial charge on any atom is -0.480 e. The van der Waals surface area contributed by atoms with E-state index in [4.69, 9.17) is 1.37 Å². The van der Waals surface area contributed by atoms with Gasteiger partial charge < -0.3 is 10.4 Å². The Morgan fingerprint density at radius 2 is 1.82 bits per heavy atom. The topological polar surface area (TPSA) is 66.4 Å². The van der Waals surface area contributed by atoms with Crippen molar-refractivity contribution in [2.75, 3.05) is 0 Å². The molecule has 4 nitrogen and oxygen atoms in total. The Morgan fingerprint density at radius 1 is 1.14 bits per heavy atom. The number of aliphatic carboxylic acids is 1. The summed E-state index contributed by atoms with van der Waals surface area (Å²) in [6, 6.07) is 8.44. The van der Waals surface area contributed by atoms with Gasteiger partial charge in [-0.1, -0.05) is 69.3 Å². The van der Waals surface area contributed by atoms with Crippen LogP contribution in [0.1, 0.15) is 58.8 Å². The number of unbranched alkanes of at least 4 members (excludes halogenated alkanes) is 5. The standard InChI is InChI=1S/C18H27NO3/c1-2-3-4-5-6-10-13-17(20)19-16(18(21)22)14-15-11-8-7-9-12-15/h7-9,11-12,16H,2-6,10,13-14H2,1H3,(H,19,20)(H,21,22)/t16-/m0/s1/i1D. The number of benzene rings is 1. The maximum absolute atomic E-state index is 11.9. The predicted molar refractivity (Wildman–Crippen MR) is 87.7 cm³/mol. The highest BCUT2D eigenvalue weighted by atomic mass is 16.4. The second kappa shape index (κ2) is 10.8. The highest BCUT2D eigenvalue weighted by molar-refractivity contribution is 5.83. The number of carbonyl (C=O) groups excluding carboxylic acids is 1. The number of rotatable bonds is 11. The van der Waals surface area contributed by atoms with Gasteiger partial charge in [-0.05, 0) is 12.0 Å². The van der Waals surface area contributed by atoms with Gasteiger partial charge in [-0.3, -0.25) is 4.79 Å². The lowest BCUT2D eigenvalue weighted by molar-refractivity contribution is -0.141. The lowest BCUT2D eigenvalue weighted by Crippen LogP contribution is -2.42. The van der Waals surface area contributed by atoms with Gasteiger partial charge in [0.25, 0.3) is 0 Å². The molecule has 1 atom stereocenters. The molecule has 0 heterocycles. The Kier molecular flexibility index (Phi) is 8.13. The minimum absolute atomic E-state index is 0.195. The molecule has 122 valence electrons. The van der Waals surface area contributed by atoms with Crippen LogP contribution in [0, 0.1) is 0 Å². The van der Waals surface area contributed by atoms with Crippen molar-refractivity contribution in [3.8, 4) is 0 Å². The van der Waals surface area contributed by atoms with Crippen LogP contribution in [0.4, 0.5) is 0 Å². The molecule has 1 amide bonds. The van der Waals surface area contributed by atoms with Crippen LogP contribution >= 0.6 is 0 Å². The van der Waals surface area contributed by atoms with Gasteiger partial charge in [0.05, 0.1) is 0 Å². The van der Waals surface area contributed by atoms with Crippen LogP contribution in [0.25, 0.3) is 0 Å². The molecular formula is C18H27NO3. The minimum atomic E-state index is -1.00. The maximum Gasteiger partial charge on any atom is 0.326 e. The van der Waals surface area contributed by atoms with Crippen LogP contribution in [-0.2, 0) is 16.0 Å². The second-order valence-electron chi connectivity index (χ2n) is 5.52. The number of carboxylic acids is 1. The molecule has 0 radical (unpaired) electrons. The number of carboxylic acid groups (broad SMARTS) is 1. The molecule has 2 N–H and O–H groups in total. The van der Waals surface area contributed by atoms with Gasteiger partial charge in [0.2, 0.25) is 5.91 Å². The molecule has 0 bridgehead atoms. The molecule has 0 aliphatic carbocycles. The summed E-state index contributed by atoms with van der Waals surface area (Å²) < 4.78 is 7.05. The molecule has 4 heteroatoms. The molecule has 1 aromatic rings. The van der Waals surface area contributed by atoms with E-state index in [9.17, 15) is 14.7 Å². The first kappa shape index (κ1) is 16.5. The Labute approximate surface area is 134 Å². The summed E-state index contributed by atoms with van der Waals surface area (Å²) >= 11 is 0. The molecule has 22 heavy (non-hydrogen) atoms. The third kappa shape index (κ3) is 7.81. The van der Waals surface area contributed by atoms with Crippen molar-refractivity contribution in [1.82, 2.24) is 5.32 Å². The monoisotopic (exact) mass is 306 g/mol. The molecule has 0 aliphatic heterocycles. The summed E-state index contributed by atoms with van der Waals surface area (Å²) in [5.41, 5.74) is 0.898. The quantitative estimate of drug-likeness (QED) is 0.614. The third-order valence-corrected chi connectivity index (χ3v) is 3.57. The van der Waals surface area contributed by atoms with Crippen LogP contribution in [0.3, 0.4) is 0 Å². The van der Waals surface area contributed by atoms with E-state index in [-0.39, 0.29) is 5.91 Å². The highest BCUT2D eigenvalue weighted by Gasteiger charge is 2.19. The van der Waals surface area contributed by atoms with Crippen molar-refractivity contribution < 1.29 is 16.1 Å². The molecule has 0 saturated heterocycles. The van der Waals surface area contributed by atoms with Gasteiger partial charge >= 0.3 is 5.97 Å². The first-order valence-electron chi connectivity index (χ1n) is 8.69. The number of amides is 1. The van der Waals surface area contributed by atoms with E-state index in [0.717, 1.165) is 44.1 Å². The molecule has 0 aliphatic rings. The van der Waals surface area contributed by atoms with Crippen molar-refractivity contribution in [3.63, 3.8) is 0 Å². The van der Waals surface area contributed by atoms with E-state index < -0.39 is 12.0 Å². The van der Waals surface area contributed by atoms with E-state index in [2.05, 4.69) is 5.32 Å². The van der Waals surface area contributed by atoms with Crippen LogP contribution in [0.5, 0.6) is 0 Å². The molecule has 1 aromatic carbocycles. The number of hydrogen-bond donors (Lipinski definition) is 2. The van der Waals surface area contributed by atoms with Gasteiger partial charge in [-0.25, -0.2) is 4.79 Å². The van der Waals surface area contributed by atoms with Crippen LogP contribution in [0.15, 0.2) is 30.3 Å². The van der Waals surface area contributed by atoms with E-state index in [1.807, 2.05) is 30.3 Å². The Morgan fingerprint density at radius 3 is 2.50 bits per heavy atom. The molecule has 0 aromatic heterocycles. The average molecular weight is 306 g/mol. The summed E-state index contributed by atoms with van der Waals surface area (Å²) in [5.74, 6) is -1.20. The van der Waals surface area contributed by atoms with Crippen LogP contribution in [0.2, 0.25) is 0 Å². The van der Waals surface area contributed by atoms with Gasteiger partial charge in [0.1, 0.15) is 6.04 Å². The number of nitrogens with one attached hydrogen (secondary N) is 1. The maximum atomic E-state index is 11.9. The molecular weight excluding hydrogens is 278 g/mol. The van der Waals surface area contributed by atoms with Gasteiger partial charge in [-0.15, -0.1) is 0 Å². The zero-order valence-corrected chi connectivity index (χ0v) is 13.1. The van der Waals surface area contributed by atoms with Gasteiger partial charge in [0, 0.05) is 14.2 Å². The first-order valence-corrected chi connectivity index (χ1v) is 7.99. The van der Waals surface area contributed by atoms with Crippen molar-refractivity contribution in [2.45, 2.75) is 64.3 Å². The summed E-state index contributed by atoms with van der Waals surface area (Å²) in [7, 11) is 0. The summed E-state index contributed by atoms with van der Waals surface area (Å²) in [6.07, 6.45) is 6.62. The van der Waals surface area contributed by atoms with E-state index in [1.165, 1.54) is 0 Å². The first-order chi connectivity index (χ1) is 11.1. The summed E-state index contributed by atoms with van der Waals surface area (Å²) in [5, 5.41) is 11.9. The van der Waals surface area contributed by atoms with Crippen molar-refractivity contribution in [2.24, 2.45) is 0 Å². The smallest absolute Gasteiger partial charge is 0.326 e. The van der Waals surface area contributed by atoms with E-state index >= 15 is 0 Å². The van der Waals surface area contributed by atoms with Gasteiger partial charge in [0.15, 0.2) is 0 Å². The lowest BCUT2D eigenvalue weighted by Gasteiger charge is -2.14. The molecule has 0 spiro atoms. The average Bonchev–Trinajstić information content (AvgIpc) is 2.54. The van der Waals surface area contributed by atoms with Crippen LogP contribution in [-0.4, -0.2) is 23.0 Å². The highest BCUT2D eigenvalue weighted by Crippen LogP contribution is 2.08. The van der Waals surface area contributed by atoms with Crippen LogP contribution < -0.4 is 5.32 Å². The Balaban J connectivity index is 2.25. The summed E-state index contributed by atoms with van der Waals surface area (Å²) in [6.45, 7) is 0.487. The van der Waals surface area contributed by atoms with E-state index in [1.54, 1.807) is 0 Å². The fourth-order valence-electron chi connectivity index (χ4n) is 2.31.